The molecule has 1 aromatic carbocycles. The van der Waals surface area contributed by atoms with E-state index in [0.29, 0.717) is 5.92 Å². The predicted molar refractivity (Wildman–Crippen MR) is 105 cm³/mol. The zero-order chi connectivity index (χ0) is 19.9. The van der Waals surface area contributed by atoms with Gasteiger partial charge in [-0.1, -0.05) is 58.6 Å². The van der Waals surface area contributed by atoms with E-state index in [4.69, 9.17) is 0 Å². The molecule has 0 bridgehead atoms. The van der Waals surface area contributed by atoms with E-state index in [1.807, 2.05) is 0 Å². The molecule has 0 aromatic heterocycles. The Labute approximate surface area is 162 Å². The highest BCUT2D eigenvalue weighted by molar-refractivity contribution is 5.29. The smallest absolute Gasteiger partial charge is 0.406 e. The topological polar surface area (TPSA) is 9.23 Å². The Hall–Kier alpha value is -1.19. The molecule has 1 aromatic rings. The summed E-state index contributed by atoms with van der Waals surface area (Å²) < 4.78 is 40.9. The van der Waals surface area contributed by atoms with Crippen molar-refractivity contribution in [3.05, 3.63) is 29.8 Å². The number of ether oxygens (including phenoxy) is 1. The van der Waals surface area contributed by atoms with Crippen molar-refractivity contribution in [1.29, 1.82) is 0 Å². The van der Waals surface area contributed by atoms with E-state index in [1.165, 1.54) is 57.1 Å². The monoisotopic (exact) mass is 384 g/mol. The summed E-state index contributed by atoms with van der Waals surface area (Å²) in [6.45, 7) is 6.82. The normalized spacial score (nSPS) is 23.0. The Morgan fingerprint density at radius 1 is 1.00 bits per heavy atom. The standard InChI is InChI=1S/C23H35F3O/c1-4-6-18-8-11-20(12-9-18)17(3)7-10-19(5-2)21-13-15-22(16-14-21)27-23(24,25)26/h13-20H,4-12H2,1-3H3. The first-order valence-corrected chi connectivity index (χ1v) is 10.7. The molecule has 0 heterocycles. The van der Waals surface area contributed by atoms with E-state index < -0.39 is 6.36 Å². The molecule has 2 atom stereocenters. The van der Waals surface area contributed by atoms with Gasteiger partial charge >= 0.3 is 6.36 Å². The molecule has 0 N–H and O–H groups in total. The first-order valence-electron chi connectivity index (χ1n) is 10.7. The van der Waals surface area contributed by atoms with E-state index in [9.17, 15) is 13.2 Å². The van der Waals surface area contributed by atoms with Gasteiger partial charge in [0.2, 0.25) is 0 Å². The van der Waals surface area contributed by atoms with Crippen LogP contribution in [0, 0.1) is 17.8 Å². The summed E-state index contributed by atoms with van der Waals surface area (Å²) in [7, 11) is 0. The molecule has 1 saturated carbocycles. The molecule has 1 aliphatic rings. The van der Waals surface area contributed by atoms with E-state index in [0.717, 1.165) is 36.2 Å². The van der Waals surface area contributed by atoms with E-state index in [2.05, 4.69) is 25.5 Å². The van der Waals surface area contributed by atoms with Crippen LogP contribution in [0.4, 0.5) is 13.2 Å². The molecule has 4 heteroatoms. The Morgan fingerprint density at radius 3 is 2.15 bits per heavy atom. The lowest BCUT2D eigenvalue weighted by molar-refractivity contribution is -0.274. The summed E-state index contributed by atoms with van der Waals surface area (Å²) in [5, 5.41) is 0. The van der Waals surface area contributed by atoms with Crippen LogP contribution in [0.15, 0.2) is 24.3 Å². The van der Waals surface area contributed by atoms with E-state index in [1.54, 1.807) is 12.1 Å². The van der Waals surface area contributed by atoms with Crippen LogP contribution >= 0.6 is 0 Å². The molecule has 0 radical (unpaired) electrons. The van der Waals surface area contributed by atoms with Crippen molar-refractivity contribution in [2.45, 2.75) is 90.8 Å². The number of halogens is 3. The maximum atomic E-state index is 12.3. The average Bonchev–Trinajstić information content (AvgIpc) is 2.63. The number of hydrogen-bond acceptors (Lipinski definition) is 1. The predicted octanol–water partition coefficient (Wildman–Crippen LogP) is 8.10. The zero-order valence-electron chi connectivity index (χ0n) is 17.0. The van der Waals surface area contributed by atoms with Crippen molar-refractivity contribution >= 4 is 0 Å². The second kappa shape index (κ2) is 10.4. The first kappa shape index (κ1) is 22.1. The highest BCUT2D eigenvalue weighted by Gasteiger charge is 2.31. The van der Waals surface area contributed by atoms with Gasteiger partial charge in [-0.3, -0.25) is 0 Å². The van der Waals surface area contributed by atoms with Gasteiger partial charge in [-0.2, -0.15) is 0 Å². The third-order valence-electron chi connectivity index (χ3n) is 6.44. The maximum Gasteiger partial charge on any atom is 0.573 e. The molecular formula is C23H35F3O. The van der Waals surface area contributed by atoms with Crippen molar-refractivity contribution in [2.24, 2.45) is 17.8 Å². The van der Waals surface area contributed by atoms with Gasteiger partial charge in [-0.25, -0.2) is 0 Å². The van der Waals surface area contributed by atoms with Crippen molar-refractivity contribution < 1.29 is 17.9 Å². The lowest BCUT2D eigenvalue weighted by atomic mass is 9.73. The molecule has 1 nitrogen and oxygen atoms in total. The summed E-state index contributed by atoms with van der Waals surface area (Å²) in [5.41, 5.74) is 1.12. The van der Waals surface area contributed by atoms with Gasteiger partial charge < -0.3 is 4.74 Å². The van der Waals surface area contributed by atoms with E-state index in [-0.39, 0.29) is 5.75 Å². The molecule has 1 aliphatic carbocycles. The van der Waals surface area contributed by atoms with Crippen LogP contribution in [-0.2, 0) is 0 Å². The van der Waals surface area contributed by atoms with Gasteiger partial charge in [-0.15, -0.1) is 13.2 Å². The first-order chi connectivity index (χ1) is 12.8. The van der Waals surface area contributed by atoms with Gasteiger partial charge in [0.25, 0.3) is 0 Å². The quantitative estimate of drug-likeness (QED) is 0.418. The Morgan fingerprint density at radius 2 is 1.63 bits per heavy atom. The molecule has 27 heavy (non-hydrogen) atoms. The summed E-state index contributed by atoms with van der Waals surface area (Å²) in [6.07, 6.45) is 6.88. The van der Waals surface area contributed by atoms with Crippen LogP contribution < -0.4 is 4.74 Å². The highest BCUT2D eigenvalue weighted by atomic mass is 19.4. The Balaban J connectivity index is 1.82. The van der Waals surface area contributed by atoms with Gasteiger partial charge in [0.15, 0.2) is 0 Å². The van der Waals surface area contributed by atoms with Crippen LogP contribution in [-0.4, -0.2) is 6.36 Å². The lowest BCUT2D eigenvalue weighted by Gasteiger charge is -2.33. The number of alkyl halides is 3. The SMILES string of the molecule is CCCC1CCC(C(C)CCC(CC)c2ccc(OC(F)(F)F)cc2)CC1. The average molecular weight is 385 g/mol. The summed E-state index contributed by atoms with van der Waals surface area (Å²) in [6, 6.07) is 6.44. The summed E-state index contributed by atoms with van der Waals surface area (Å²) in [5.74, 6) is 2.79. The fourth-order valence-electron chi connectivity index (χ4n) is 4.70. The highest BCUT2D eigenvalue weighted by Crippen LogP contribution is 2.38. The molecular weight excluding hydrogens is 349 g/mol. The van der Waals surface area contributed by atoms with Gasteiger partial charge in [0.1, 0.15) is 5.75 Å². The van der Waals surface area contributed by atoms with Crippen LogP contribution in [0.2, 0.25) is 0 Å². The minimum absolute atomic E-state index is 0.140. The van der Waals surface area contributed by atoms with Crippen LogP contribution in [0.5, 0.6) is 5.75 Å². The zero-order valence-corrected chi connectivity index (χ0v) is 17.0. The van der Waals surface area contributed by atoms with Crippen LogP contribution in [0.3, 0.4) is 0 Å². The van der Waals surface area contributed by atoms with Crippen LogP contribution in [0.25, 0.3) is 0 Å². The fraction of sp³-hybridized carbons (Fsp3) is 0.739. The van der Waals surface area contributed by atoms with E-state index >= 15 is 0 Å². The second-order valence-electron chi connectivity index (χ2n) is 8.35. The fourth-order valence-corrected chi connectivity index (χ4v) is 4.70. The molecule has 1 fully saturated rings. The number of rotatable bonds is 9. The molecule has 2 unspecified atom stereocenters. The van der Waals surface area contributed by atoms with Crippen molar-refractivity contribution in [3.63, 3.8) is 0 Å². The van der Waals surface area contributed by atoms with Gasteiger partial charge in [0, 0.05) is 0 Å². The largest absolute Gasteiger partial charge is 0.573 e. The van der Waals surface area contributed by atoms with Crippen LogP contribution in [0.1, 0.15) is 90.0 Å². The molecule has 0 saturated heterocycles. The molecule has 0 amide bonds. The van der Waals surface area contributed by atoms with Crippen molar-refractivity contribution in [1.82, 2.24) is 0 Å². The third-order valence-corrected chi connectivity index (χ3v) is 6.44. The van der Waals surface area contributed by atoms with Gasteiger partial charge in [0.05, 0.1) is 0 Å². The van der Waals surface area contributed by atoms with Crippen molar-refractivity contribution in [3.8, 4) is 5.75 Å². The second-order valence-corrected chi connectivity index (χ2v) is 8.35. The maximum absolute atomic E-state index is 12.3. The summed E-state index contributed by atoms with van der Waals surface area (Å²) in [4.78, 5) is 0. The molecule has 0 aliphatic heterocycles. The molecule has 0 spiro atoms. The third kappa shape index (κ3) is 7.38. The van der Waals surface area contributed by atoms with Gasteiger partial charge in [-0.05, 0) is 73.5 Å². The minimum atomic E-state index is -4.63. The Bertz CT molecular complexity index is 530. The summed E-state index contributed by atoms with van der Waals surface area (Å²) >= 11 is 0. The lowest BCUT2D eigenvalue weighted by Crippen LogP contribution is -2.20. The Kier molecular flexibility index (Phi) is 8.50. The number of benzene rings is 1. The number of hydrogen-bond donors (Lipinski definition) is 0. The molecule has 2 rings (SSSR count). The minimum Gasteiger partial charge on any atom is -0.406 e. The van der Waals surface area contributed by atoms with Crippen molar-refractivity contribution in [2.75, 3.05) is 0 Å². The molecule has 154 valence electrons.